The molecule has 1 aromatic carbocycles. The van der Waals surface area contributed by atoms with E-state index < -0.39 is 0 Å². The molecule has 0 aromatic heterocycles. The van der Waals surface area contributed by atoms with Gasteiger partial charge in [-0.3, -0.25) is 4.90 Å². The lowest BCUT2D eigenvalue weighted by atomic mass is 9.87. The normalized spacial score (nSPS) is 25.0. The SMILES string of the molecule is CC(C)Oc1ccc(C(CN)N2CCC(C)C(C)C2)cc1. The molecule has 3 nitrogen and oxygen atoms in total. The Kier molecular flexibility index (Phi) is 5.65. The van der Waals surface area contributed by atoms with Gasteiger partial charge in [0.25, 0.3) is 0 Å². The summed E-state index contributed by atoms with van der Waals surface area (Å²) in [6.45, 7) is 11.8. The molecule has 21 heavy (non-hydrogen) atoms. The second kappa shape index (κ2) is 7.28. The van der Waals surface area contributed by atoms with Crippen LogP contribution in [0.25, 0.3) is 0 Å². The predicted octanol–water partition coefficient (Wildman–Crippen LogP) is 3.45. The summed E-state index contributed by atoms with van der Waals surface area (Å²) in [6.07, 6.45) is 1.48. The van der Waals surface area contributed by atoms with Crippen LogP contribution in [-0.2, 0) is 0 Å². The number of nitrogens with zero attached hydrogens (tertiary/aromatic N) is 1. The number of rotatable bonds is 5. The lowest BCUT2D eigenvalue weighted by Gasteiger charge is -2.40. The van der Waals surface area contributed by atoms with Gasteiger partial charge in [-0.25, -0.2) is 0 Å². The molecule has 118 valence electrons. The van der Waals surface area contributed by atoms with Crippen LogP contribution in [0.1, 0.15) is 45.7 Å². The molecule has 1 aromatic rings. The van der Waals surface area contributed by atoms with Gasteiger partial charge >= 0.3 is 0 Å². The van der Waals surface area contributed by atoms with Crippen LogP contribution in [-0.4, -0.2) is 30.6 Å². The molecule has 3 unspecified atom stereocenters. The highest BCUT2D eigenvalue weighted by atomic mass is 16.5. The minimum absolute atomic E-state index is 0.214. The zero-order chi connectivity index (χ0) is 15.4. The van der Waals surface area contributed by atoms with Crippen LogP contribution in [0.4, 0.5) is 0 Å². The molecule has 0 aliphatic carbocycles. The molecule has 1 aliphatic heterocycles. The minimum atomic E-state index is 0.214. The summed E-state index contributed by atoms with van der Waals surface area (Å²) in [5.41, 5.74) is 7.36. The van der Waals surface area contributed by atoms with E-state index in [2.05, 4.69) is 43.0 Å². The number of hydrogen-bond acceptors (Lipinski definition) is 3. The first-order valence-corrected chi connectivity index (χ1v) is 8.22. The average Bonchev–Trinajstić information content (AvgIpc) is 2.45. The van der Waals surface area contributed by atoms with Crippen molar-refractivity contribution in [2.75, 3.05) is 19.6 Å². The van der Waals surface area contributed by atoms with E-state index in [0.717, 1.165) is 30.7 Å². The summed E-state index contributed by atoms with van der Waals surface area (Å²) in [5.74, 6) is 2.50. The van der Waals surface area contributed by atoms with Gasteiger partial charge in [-0.05, 0) is 56.3 Å². The first-order valence-electron chi connectivity index (χ1n) is 8.22. The molecule has 1 saturated heterocycles. The number of nitrogens with two attached hydrogens (primary N) is 1. The van der Waals surface area contributed by atoms with Crippen LogP contribution >= 0.6 is 0 Å². The standard InChI is InChI=1S/C18H30N2O/c1-13(2)21-17-7-5-16(6-8-17)18(11-19)20-10-9-14(3)15(4)12-20/h5-8,13-15,18H,9-12,19H2,1-4H3. The summed E-state index contributed by atoms with van der Waals surface area (Å²) in [7, 11) is 0. The van der Waals surface area contributed by atoms with E-state index in [0.29, 0.717) is 12.6 Å². The Bertz CT molecular complexity index is 429. The number of piperidine rings is 1. The number of hydrogen-bond donors (Lipinski definition) is 1. The van der Waals surface area contributed by atoms with Crippen molar-refractivity contribution in [2.24, 2.45) is 17.6 Å². The second-order valence-electron chi connectivity index (χ2n) is 6.73. The lowest BCUT2D eigenvalue weighted by molar-refractivity contribution is 0.0982. The van der Waals surface area contributed by atoms with Crippen LogP contribution < -0.4 is 10.5 Å². The smallest absolute Gasteiger partial charge is 0.119 e. The predicted molar refractivity (Wildman–Crippen MR) is 88.5 cm³/mol. The van der Waals surface area contributed by atoms with E-state index in [1.165, 1.54) is 12.0 Å². The van der Waals surface area contributed by atoms with Crippen molar-refractivity contribution in [3.63, 3.8) is 0 Å². The van der Waals surface area contributed by atoms with Gasteiger partial charge in [-0.1, -0.05) is 26.0 Å². The van der Waals surface area contributed by atoms with Gasteiger partial charge < -0.3 is 10.5 Å². The van der Waals surface area contributed by atoms with Crippen LogP contribution in [0.5, 0.6) is 5.75 Å². The third kappa shape index (κ3) is 4.21. The highest BCUT2D eigenvalue weighted by Gasteiger charge is 2.27. The van der Waals surface area contributed by atoms with Gasteiger partial charge in [0, 0.05) is 19.1 Å². The Morgan fingerprint density at radius 2 is 1.86 bits per heavy atom. The first-order chi connectivity index (χ1) is 10.0. The molecule has 1 heterocycles. The van der Waals surface area contributed by atoms with Crippen molar-refractivity contribution in [2.45, 2.75) is 46.3 Å². The molecular weight excluding hydrogens is 260 g/mol. The van der Waals surface area contributed by atoms with E-state index in [9.17, 15) is 0 Å². The lowest BCUT2D eigenvalue weighted by Crippen LogP contribution is -2.43. The first kappa shape index (κ1) is 16.3. The number of benzene rings is 1. The highest BCUT2D eigenvalue weighted by molar-refractivity contribution is 5.29. The molecule has 2 N–H and O–H groups in total. The fourth-order valence-electron chi connectivity index (χ4n) is 3.11. The summed E-state index contributed by atoms with van der Waals surface area (Å²) < 4.78 is 5.71. The van der Waals surface area contributed by atoms with Crippen molar-refractivity contribution in [1.29, 1.82) is 0 Å². The Morgan fingerprint density at radius 1 is 1.19 bits per heavy atom. The maximum absolute atomic E-state index is 6.06. The van der Waals surface area contributed by atoms with Crippen molar-refractivity contribution in [3.05, 3.63) is 29.8 Å². The van der Waals surface area contributed by atoms with E-state index in [-0.39, 0.29) is 6.10 Å². The van der Waals surface area contributed by atoms with Crippen LogP contribution in [0.3, 0.4) is 0 Å². The number of ether oxygens (including phenoxy) is 1. The maximum Gasteiger partial charge on any atom is 0.119 e. The molecule has 1 aliphatic rings. The van der Waals surface area contributed by atoms with Crippen molar-refractivity contribution in [1.82, 2.24) is 4.90 Å². The molecule has 3 atom stereocenters. The molecule has 0 radical (unpaired) electrons. The summed E-state index contributed by atoms with van der Waals surface area (Å²) in [4.78, 5) is 2.54. The van der Waals surface area contributed by atoms with Crippen LogP contribution in [0, 0.1) is 11.8 Å². The fourth-order valence-corrected chi connectivity index (χ4v) is 3.11. The molecule has 0 spiro atoms. The summed E-state index contributed by atoms with van der Waals surface area (Å²) in [6, 6.07) is 8.78. The van der Waals surface area contributed by atoms with Gasteiger partial charge in [0.2, 0.25) is 0 Å². The zero-order valence-corrected chi connectivity index (χ0v) is 13.9. The van der Waals surface area contributed by atoms with Crippen molar-refractivity contribution in [3.8, 4) is 5.75 Å². The van der Waals surface area contributed by atoms with Crippen LogP contribution in [0.15, 0.2) is 24.3 Å². The molecule has 0 saturated carbocycles. The quantitative estimate of drug-likeness (QED) is 0.902. The second-order valence-corrected chi connectivity index (χ2v) is 6.73. The number of likely N-dealkylation sites (tertiary alicyclic amines) is 1. The van der Waals surface area contributed by atoms with Crippen LogP contribution in [0.2, 0.25) is 0 Å². The van der Waals surface area contributed by atoms with Gasteiger partial charge in [0.15, 0.2) is 0 Å². The van der Waals surface area contributed by atoms with E-state index in [1.54, 1.807) is 0 Å². The van der Waals surface area contributed by atoms with Gasteiger partial charge in [-0.2, -0.15) is 0 Å². The van der Waals surface area contributed by atoms with Crippen molar-refractivity contribution >= 4 is 0 Å². The largest absolute Gasteiger partial charge is 0.491 e. The highest BCUT2D eigenvalue weighted by Crippen LogP contribution is 2.30. The molecule has 0 amide bonds. The Hall–Kier alpha value is -1.06. The fraction of sp³-hybridized carbons (Fsp3) is 0.667. The van der Waals surface area contributed by atoms with Crippen molar-refractivity contribution < 1.29 is 4.74 Å². The van der Waals surface area contributed by atoms with E-state index in [4.69, 9.17) is 10.5 Å². The maximum atomic E-state index is 6.06. The third-order valence-electron chi connectivity index (χ3n) is 4.67. The van der Waals surface area contributed by atoms with Gasteiger partial charge in [0.05, 0.1) is 6.10 Å². The molecule has 1 fully saturated rings. The summed E-state index contributed by atoms with van der Waals surface area (Å²) >= 11 is 0. The molecular formula is C18H30N2O. The Balaban J connectivity index is 2.06. The topological polar surface area (TPSA) is 38.5 Å². The molecule has 2 rings (SSSR count). The molecule has 3 heteroatoms. The zero-order valence-electron chi connectivity index (χ0n) is 13.9. The van der Waals surface area contributed by atoms with E-state index in [1.807, 2.05) is 13.8 Å². The van der Waals surface area contributed by atoms with Gasteiger partial charge in [-0.15, -0.1) is 0 Å². The summed E-state index contributed by atoms with van der Waals surface area (Å²) in [5, 5.41) is 0. The third-order valence-corrected chi connectivity index (χ3v) is 4.67. The van der Waals surface area contributed by atoms with Gasteiger partial charge in [0.1, 0.15) is 5.75 Å². The Morgan fingerprint density at radius 3 is 2.38 bits per heavy atom. The Labute approximate surface area is 129 Å². The monoisotopic (exact) mass is 290 g/mol. The average molecular weight is 290 g/mol. The van der Waals surface area contributed by atoms with E-state index >= 15 is 0 Å². The molecule has 0 bridgehead atoms. The minimum Gasteiger partial charge on any atom is -0.491 e.